The van der Waals surface area contributed by atoms with Crippen molar-refractivity contribution in [2.45, 2.75) is 13.1 Å². The molecule has 0 bridgehead atoms. The van der Waals surface area contributed by atoms with Gasteiger partial charge in [-0.25, -0.2) is 15.0 Å². The predicted octanol–water partition coefficient (Wildman–Crippen LogP) is 0.929. The van der Waals surface area contributed by atoms with Gasteiger partial charge >= 0.3 is 0 Å². The number of rotatable bonds is 1. The van der Waals surface area contributed by atoms with Crippen molar-refractivity contribution in [3.05, 3.63) is 29.7 Å². The quantitative estimate of drug-likeness (QED) is 0.763. The third-order valence-electron chi connectivity index (χ3n) is 2.86. The molecule has 2 N–H and O–H groups in total. The highest BCUT2D eigenvalue weighted by Crippen LogP contribution is 2.27. The van der Waals surface area contributed by atoms with Crippen LogP contribution in [0.15, 0.2) is 18.7 Å². The van der Waals surface area contributed by atoms with Gasteiger partial charge in [-0.1, -0.05) is 11.6 Å². The summed E-state index contributed by atoms with van der Waals surface area (Å²) in [6.07, 6.45) is 5.20. The normalized spacial score (nSPS) is 14.8. The Labute approximate surface area is 103 Å². The average molecular weight is 251 g/mol. The van der Waals surface area contributed by atoms with Crippen molar-refractivity contribution >= 4 is 23.1 Å². The van der Waals surface area contributed by atoms with E-state index in [4.69, 9.17) is 17.3 Å². The third-order valence-corrected chi connectivity index (χ3v) is 3.16. The number of anilines is 2. The summed E-state index contributed by atoms with van der Waals surface area (Å²) < 4.78 is 2.12. The van der Waals surface area contributed by atoms with Crippen LogP contribution in [0.25, 0.3) is 0 Å². The van der Waals surface area contributed by atoms with Crippen LogP contribution in [0.3, 0.4) is 0 Å². The van der Waals surface area contributed by atoms with Crippen molar-refractivity contribution in [3.8, 4) is 0 Å². The minimum Gasteiger partial charge on any atom is -0.393 e. The first-order valence-electron chi connectivity index (χ1n) is 5.26. The van der Waals surface area contributed by atoms with Crippen molar-refractivity contribution in [2.75, 3.05) is 17.2 Å². The van der Waals surface area contributed by atoms with E-state index in [1.165, 1.54) is 6.33 Å². The van der Waals surface area contributed by atoms with Crippen LogP contribution in [0, 0.1) is 0 Å². The molecule has 0 radical (unpaired) electrons. The minimum absolute atomic E-state index is 0.295. The molecule has 2 aromatic heterocycles. The largest absolute Gasteiger partial charge is 0.393 e. The Kier molecular flexibility index (Phi) is 2.36. The average Bonchev–Trinajstić information content (AvgIpc) is 2.79. The fourth-order valence-electron chi connectivity index (χ4n) is 1.97. The molecular weight excluding hydrogens is 240 g/mol. The first-order chi connectivity index (χ1) is 8.25. The van der Waals surface area contributed by atoms with Crippen LogP contribution in [-0.4, -0.2) is 26.1 Å². The highest BCUT2D eigenvalue weighted by molar-refractivity contribution is 6.32. The van der Waals surface area contributed by atoms with Gasteiger partial charge in [0.05, 0.1) is 6.54 Å². The van der Waals surface area contributed by atoms with E-state index in [1.807, 2.05) is 6.20 Å². The standard InChI is InChI=1S/C10H11ClN6/c11-9-8(12)10(15-6-14-9)17-4-3-16-2-1-13-7(16)5-17/h1-2,6H,3-5,12H2. The summed E-state index contributed by atoms with van der Waals surface area (Å²) in [7, 11) is 0. The molecule has 17 heavy (non-hydrogen) atoms. The van der Waals surface area contributed by atoms with Crippen molar-refractivity contribution in [1.29, 1.82) is 0 Å². The van der Waals surface area contributed by atoms with Crippen molar-refractivity contribution in [3.63, 3.8) is 0 Å². The van der Waals surface area contributed by atoms with Gasteiger partial charge in [0.15, 0.2) is 11.0 Å². The van der Waals surface area contributed by atoms with Crippen molar-refractivity contribution < 1.29 is 0 Å². The van der Waals surface area contributed by atoms with Crippen LogP contribution in [0.1, 0.15) is 5.82 Å². The fourth-order valence-corrected chi connectivity index (χ4v) is 2.10. The van der Waals surface area contributed by atoms with Gasteiger partial charge in [-0.05, 0) is 0 Å². The third kappa shape index (κ3) is 1.70. The topological polar surface area (TPSA) is 72.9 Å². The van der Waals surface area contributed by atoms with E-state index in [-0.39, 0.29) is 0 Å². The van der Waals surface area contributed by atoms with Gasteiger partial charge in [-0.15, -0.1) is 0 Å². The fraction of sp³-hybridized carbons (Fsp3) is 0.300. The Bertz CT molecular complexity index is 551. The number of fused-ring (bicyclic) bond motifs is 1. The zero-order valence-corrected chi connectivity index (χ0v) is 9.80. The van der Waals surface area contributed by atoms with Gasteiger partial charge in [-0.2, -0.15) is 0 Å². The summed E-state index contributed by atoms with van der Waals surface area (Å²) in [5.41, 5.74) is 6.31. The first kappa shape index (κ1) is 10.3. The molecule has 0 amide bonds. The highest BCUT2D eigenvalue weighted by atomic mass is 35.5. The molecule has 1 aliphatic heterocycles. The summed E-state index contributed by atoms with van der Waals surface area (Å²) in [6.45, 7) is 2.39. The zero-order chi connectivity index (χ0) is 11.8. The van der Waals surface area contributed by atoms with Crippen LogP contribution < -0.4 is 10.6 Å². The number of nitrogen functional groups attached to an aromatic ring is 1. The number of nitrogens with zero attached hydrogens (tertiary/aromatic N) is 5. The lowest BCUT2D eigenvalue weighted by atomic mass is 10.3. The van der Waals surface area contributed by atoms with Gasteiger partial charge in [-0.3, -0.25) is 0 Å². The number of hydrogen-bond donors (Lipinski definition) is 1. The Morgan fingerprint density at radius 3 is 3.00 bits per heavy atom. The second-order valence-electron chi connectivity index (χ2n) is 3.86. The zero-order valence-electron chi connectivity index (χ0n) is 9.04. The van der Waals surface area contributed by atoms with Crippen LogP contribution in [0.5, 0.6) is 0 Å². The maximum absolute atomic E-state index is 5.89. The van der Waals surface area contributed by atoms with E-state index in [1.54, 1.807) is 6.20 Å². The summed E-state index contributed by atoms with van der Waals surface area (Å²) >= 11 is 5.89. The van der Waals surface area contributed by atoms with Crippen molar-refractivity contribution in [1.82, 2.24) is 19.5 Å². The molecule has 7 heteroatoms. The molecule has 2 aromatic rings. The lowest BCUT2D eigenvalue weighted by molar-refractivity contribution is 0.556. The Morgan fingerprint density at radius 2 is 2.12 bits per heavy atom. The van der Waals surface area contributed by atoms with E-state index in [9.17, 15) is 0 Å². The molecule has 1 aliphatic rings. The highest BCUT2D eigenvalue weighted by Gasteiger charge is 2.20. The van der Waals surface area contributed by atoms with E-state index in [0.29, 0.717) is 23.2 Å². The van der Waals surface area contributed by atoms with Crippen LogP contribution in [0.4, 0.5) is 11.5 Å². The van der Waals surface area contributed by atoms with Crippen LogP contribution >= 0.6 is 11.6 Å². The Hall–Kier alpha value is -1.82. The molecule has 88 valence electrons. The molecule has 6 nitrogen and oxygen atoms in total. The molecule has 0 saturated heterocycles. The minimum atomic E-state index is 0.295. The van der Waals surface area contributed by atoms with E-state index in [2.05, 4.69) is 24.4 Å². The lowest BCUT2D eigenvalue weighted by Gasteiger charge is -2.29. The van der Waals surface area contributed by atoms with Gasteiger partial charge in [0.25, 0.3) is 0 Å². The maximum Gasteiger partial charge on any atom is 0.157 e. The van der Waals surface area contributed by atoms with Gasteiger partial charge in [0, 0.05) is 25.5 Å². The molecule has 3 rings (SSSR count). The van der Waals surface area contributed by atoms with Gasteiger partial charge < -0.3 is 15.2 Å². The molecule has 0 aliphatic carbocycles. The van der Waals surface area contributed by atoms with Gasteiger partial charge in [0.2, 0.25) is 0 Å². The summed E-state index contributed by atoms with van der Waals surface area (Å²) in [5.74, 6) is 1.68. The molecule has 0 unspecified atom stereocenters. The number of nitrogens with two attached hydrogens (primary N) is 1. The monoisotopic (exact) mass is 250 g/mol. The molecule has 0 aromatic carbocycles. The molecule has 0 spiro atoms. The van der Waals surface area contributed by atoms with Gasteiger partial charge in [0.1, 0.15) is 17.8 Å². The smallest absolute Gasteiger partial charge is 0.157 e. The molecular formula is C10H11ClN6. The number of halogens is 1. The van der Waals surface area contributed by atoms with Crippen LogP contribution in [-0.2, 0) is 13.1 Å². The summed E-state index contributed by atoms with van der Waals surface area (Å²) in [4.78, 5) is 14.4. The predicted molar refractivity (Wildman–Crippen MR) is 64.7 cm³/mol. The lowest BCUT2D eigenvalue weighted by Crippen LogP contribution is -2.34. The van der Waals surface area contributed by atoms with E-state index in [0.717, 1.165) is 18.9 Å². The van der Waals surface area contributed by atoms with Crippen molar-refractivity contribution in [2.24, 2.45) is 0 Å². The molecule has 3 heterocycles. The number of hydrogen-bond acceptors (Lipinski definition) is 5. The number of aromatic nitrogens is 4. The molecule has 0 saturated carbocycles. The Balaban J connectivity index is 1.94. The second kappa shape index (κ2) is 3.89. The van der Waals surface area contributed by atoms with E-state index < -0.39 is 0 Å². The number of imidazole rings is 1. The first-order valence-corrected chi connectivity index (χ1v) is 5.64. The second-order valence-corrected chi connectivity index (χ2v) is 4.22. The summed E-state index contributed by atoms with van der Waals surface area (Å²) in [5, 5.41) is 0.295. The van der Waals surface area contributed by atoms with Crippen LogP contribution in [0.2, 0.25) is 5.15 Å². The molecule has 0 fully saturated rings. The SMILES string of the molecule is Nc1c(Cl)ncnc1N1CCn2ccnc2C1. The molecule has 0 atom stereocenters. The Morgan fingerprint density at radius 1 is 1.24 bits per heavy atom. The maximum atomic E-state index is 5.89. The van der Waals surface area contributed by atoms with E-state index >= 15 is 0 Å². The summed E-state index contributed by atoms with van der Waals surface area (Å²) in [6, 6.07) is 0.